The van der Waals surface area contributed by atoms with Gasteiger partial charge in [-0.05, 0) is 19.1 Å². The van der Waals surface area contributed by atoms with Crippen LogP contribution < -0.4 is 4.74 Å². The highest BCUT2D eigenvalue weighted by Crippen LogP contribution is 2.28. The molecule has 0 unspecified atom stereocenters. The van der Waals surface area contributed by atoms with Gasteiger partial charge in [-0.2, -0.15) is 0 Å². The van der Waals surface area contributed by atoms with E-state index in [2.05, 4.69) is 21.9 Å². The number of hydrogen-bond donors (Lipinski definition) is 1. The van der Waals surface area contributed by atoms with Crippen LogP contribution in [0.2, 0.25) is 0 Å². The molecule has 1 aromatic carbocycles. The molecule has 0 bridgehead atoms. The molecule has 0 saturated heterocycles. The van der Waals surface area contributed by atoms with Gasteiger partial charge >= 0.3 is 0 Å². The lowest BCUT2D eigenvalue weighted by atomic mass is 10.1. The Hall–Kier alpha value is -0.980. The van der Waals surface area contributed by atoms with E-state index in [0.717, 1.165) is 10.0 Å². The molecule has 74 valence electrons. The molecule has 0 fully saturated rings. The fourth-order valence-corrected chi connectivity index (χ4v) is 1.44. The molecular formula is C11H11BrO2. The summed E-state index contributed by atoms with van der Waals surface area (Å²) in [6.45, 7) is 1.89. The SMILES string of the molecule is C#CCOc1cc(Br)ccc1[C@H](C)O. The first-order chi connectivity index (χ1) is 6.65. The van der Waals surface area contributed by atoms with Crippen LogP contribution in [-0.2, 0) is 0 Å². The molecule has 1 aromatic rings. The van der Waals surface area contributed by atoms with Gasteiger partial charge in [-0.3, -0.25) is 0 Å². The minimum Gasteiger partial charge on any atom is -0.481 e. The average Bonchev–Trinajstić information content (AvgIpc) is 2.14. The van der Waals surface area contributed by atoms with Crippen molar-refractivity contribution >= 4 is 15.9 Å². The monoisotopic (exact) mass is 254 g/mol. The Morgan fingerprint density at radius 2 is 2.36 bits per heavy atom. The molecule has 0 amide bonds. The average molecular weight is 255 g/mol. The molecule has 0 radical (unpaired) electrons. The van der Waals surface area contributed by atoms with Gasteiger partial charge in [0, 0.05) is 10.0 Å². The molecule has 0 aliphatic carbocycles. The molecule has 1 atom stereocenters. The summed E-state index contributed by atoms with van der Waals surface area (Å²) in [5.74, 6) is 3.00. The Balaban J connectivity index is 2.98. The normalized spacial score (nSPS) is 11.9. The van der Waals surface area contributed by atoms with Crippen LogP contribution in [0.5, 0.6) is 5.75 Å². The van der Waals surface area contributed by atoms with Gasteiger partial charge in [0.05, 0.1) is 6.10 Å². The molecule has 0 aromatic heterocycles. The third-order valence-electron chi connectivity index (χ3n) is 1.74. The van der Waals surface area contributed by atoms with E-state index < -0.39 is 6.10 Å². The van der Waals surface area contributed by atoms with Gasteiger partial charge < -0.3 is 9.84 Å². The minimum atomic E-state index is -0.559. The Kier molecular flexibility index (Phi) is 3.99. The first kappa shape index (κ1) is 11.1. The third kappa shape index (κ3) is 2.76. The Labute approximate surface area is 92.0 Å². The predicted molar refractivity (Wildman–Crippen MR) is 59.1 cm³/mol. The van der Waals surface area contributed by atoms with Crippen molar-refractivity contribution in [1.29, 1.82) is 0 Å². The Morgan fingerprint density at radius 1 is 1.64 bits per heavy atom. The quantitative estimate of drug-likeness (QED) is 0.841. The third-order valence-corrected chi connectivity index (χ3v) is 2.23. The number of aliphatic hydroxyl groups excluding tert-OH is 1. The van der Waals surface area contributed by atoms with Crippen molar-refractivity contribution in [3.05, 3.63) is 28.2 Å². The number of rotatable bonds is 3. The van der Waals surface area contributed by atoms with Crippen LogP contribution in [0.4, 0.5) is 0 Å². The number of ether oxygens (including phenoxy) is 1. The summed E-state index contributed by atoms with van der Waals surface area (Å²) >= 11 is 3.32. The Morgan fingerprint density at radius 3 is 2.93 bits per heavy atom. The van der Waals surface area contributed by atoms with Crippen molar-refractivity contribution in [2.24, 2.45) is 0 Å². The van der Waals surface area contributed by atoms with Gasteiger partial charge in [-0.1, -0.05) is 27.9 Å². The summed E-state index contributed by atoms with van der Waals surface area (Å²) < 4.78 is 6.20. The van der Waals surface area contributed by atoms with E-state index in [1.807, 2.05) is 6.07 Å². The number of terminal acetylenes is 1. The lowest BCUT2D eigenvalue weighted by Crippen LogP contribution is -2.00. The number of halogens is 1. The van der Waals surface area contributed by atoms with Crippen LogP contribution in [0, 0.1) is 12.3 Å². The van der Waals surface area contributed by atoms with E-state index in [1.165, 1.54) is 0 Å². The predicted octanol–water partition coefficient (Wildman–Crippen LogP) is 2.51. The van der Waals surface area contributed by atoms with Gasteiger partial charge in [0.25, 0.3) is 0 Å². The van der Waals surface area contributed by atoms with Crippen molar-refractivity contribution in [1.82, 2.24) is 0 Å². The summed E-state index contributed by atoms with van der Waals surface area (Å²) in [5.41, 5.74) is 0.739. The highest BCUT2D eigenvalue weighted by atomic mass is 79.9. The molecule has 0 heterocycles. The van der Waals surface area contributed by atoms with Crippen molar-refractivity contribution in [3.63, 3.8) is 0 Å². The van der Waals surface area contributed by atoms with Gasteiger partial charge in [0.2, 0.25) is 0 Å². The van der Waals surface area contributed by atoms with Crippen molar-refractivity contribution < 1.29 is 9.84 Å². The second-order valence-electron chi connectivity index (χ2n) is 2.85. The fourth-order valence-electron chi connectivity index (χ4n) is 1.10. The highest BCUT2D eigenvalue weighted by molar-refractivity contribution is 9.10. The number of aliphatic hydroxyl groups is 1. The smallest absolute Gasteiger partial charge is 0.148 e. The zero-order chi connectivity index (χ0) is 10.6. The van der Waals surface area contributed by atoms with E-state index in [9.17, 15) is 5.11 Å². The van der Waals surface area contributed by atoms with Gasteiger partial charge in [-0.25, -0.2) is 0 Å². The second-order valence-corrected chi connectivity index (χ2v) is 3.77. The molecule has 0 aliphatic heterocycles. The van der Waals surface area contributed by atoms with Gasteiger partial charge in [0.15, 0.2) is 0 Å². The maximum absolute atomic E-state index is 9.45. The number of benzene rings is 1. The molecular weight excluding hydrogens is 244 g/mol. The molecule has 1 rings (SSSR count). The van der Waals surface area contributed by atoms with Crippen LogP contribution in [0.1, 0.15) is 18.6 Å². The molecule has 0 aliphatic rings. The fraction of sp³-hybridized carbons (Fsp3) is 0.273. The van der Waals surface area contributed by atoms with Gasteiger partial charge in [-0.15, -0.1) is 6.42 Å². The largest absolute Gasteiger partial charge is 0.481 e. The molecule has 0 spiro atoms. The zero-order valence-corrected chi connectivity index (χ0v) is 9.41. The summed E-state index contributed by atoms with van der Waals surface area (Å²) in [6.07, 6.45) is 4.53. The minimum absolute atomic E-state index is 0.205. The standard InChI is InChI=1S/C11H11BrO2/c1-3-6-14-11-7-9(12)4-5-10(11)8(2)13/h1,4-5,7-8,13H,6H2,2H3/t8-/m0/s1. The summed E-state index contributed by atoms with van der Waals surface area (Å²) in [4.78, 5) is 0. The van der Waals surface area contributed by atoms with E-state index in [1.54, 1.807) is 19.1 Å². The van der Waals surface area contributed by atoms with Crippen LogP contribution >= 0.6 is 15.9 Å². The zero-order valence-electron chi connectivity index (χ0n) is 7.83. The van der Waals surface area contributed by atoms with E-state index in [-0.39, 0.29) is 6.61 Å². The van der Waals surface area contributed by atoms with Crippen molar-refractivity contribution in [2.45, 2.75) is 13.0 Å². The van der Waals surface area contributed by atoms with E-state index in [0.29, 0.717) is 5.75 Å². The van der Waals surface area contributed by atoms with Crippen molar-refractivity contribution in [3.8, 4) is 18.1 Å². The number of hydrogen-bond acceptors (Lipinski definition) is 2. The van der Waals surface area contributed by atoms with E-state index >= 15 is 0 Å². The topological polar surface area (TPSA) is 29.5 Å². The Bertz CT molecular complexity index is 353. The molecule has 1 N–H and O–H groups in total. The lowest BCUT2D eigenvalue weighted by Gasteiger charge is -2.12. The maximum Gasteiger partial charge on any atom is 0.148 e. The second kappa shape index (κ2) is 5.04. The van der Waals surface area contributed by atoms with Crippen LogP contribution in [-0.4, -0.2) is 11.7 Å². The van der Waals surface area contributed by atoms with Gasteiger partial charge in [0.1, 0.15) is 12.4 Å². The molecule has 3 heteroatoms. The van der Waals surface area contributed by atoms with Crippen LogP contribution in [0.25, 0.3) is 0 Å². The summed E-state index contributed by atoms with van der Waals surface area (Å²) in [6, 6.07) is 5.45. The first-order valence-corrected chi connectivity index (χ1v) is 4.98. The highest BCUT2D eigenvalue weighted by Gasteiger charge is 2.08. The molecule has 14 heavy (non-hydrogen) atoms. The maximum atomic E-state index is 9.45. The lowest BCUT2D eigenvalue weighted by molar-refractivity contribution is 0.193. The molecule has 0 saturated carbocycles. The van der Waals surface area contributed by atoms with Crippen LogP contribution in [0.3, 0.4) is 0 Å². The molecule has 2 nitrogen and oxygen atoms in total. The summed E-state index contributed by atoms with van der Waals surface area (Å²) in [7, 11) is 0. The van der Waals surface area contributed by atoms with Crippen LogP contribution in [0.15, 0.2) is 22.7 Å². The van der Waals surface area contributed by atoms with E-state index in [4.69, 9.17) is 11.2 Å². The van der Waals surface area contributed by atoms with Crippen molar-refractivity contribution in [2.75, 3.05) is 6.61 Å². The summed E-state index contributed by atoms with van der Waals surface area (Å²) in [5, 5.41) is 9.45. The first-order valence-electron chi connectivity index (χ1n) is 4.19.